The van der Waals surface area contributed by atoms with Crippen LogP contribution in [0.15, 0.2) is 54.6 Å². The molecule has 7 nitrogen and oxygen atoms in total. The van der Waals surface area contributed by atoms with E-state index in [9.17, 15) is 19.5 Å². The summed E-state index contributed by atoms with van der Waals surface area (Å²) >= 11 is 0. The number of amides is 2. The zero-order valence-corrected chi connectivity index (χ0v) is 16.2. The molecule has 2 amide bonds. The number of likely N-dealkylation sites (tertiary alicyclic amines) is 1. The number of benzene rings is 2. The number of hydrogen-bond acceptors (Lipinski definition) is 6. The molecule has 29 heavy (non-hydrogen) atoms. The van der Waals surface area contributed by atoms with Crippen LogP contribution in [0.4, 0.5) is 0 Å². The second-order valence-corrected chi connectivity index (χ2v) is 7.58. The molecule has 4 rings (SSSR count). The number of imide groups is 1. The minimum atomic E-state index is -1.37. The van der Waals surface area contributed by atoms with Gasteiger partial charge in [0.1, 0.15) is 11.3 Å². The molecule has 2 aromatic carbocycles. The highest BCUT2D eigenvalue weighted by Crippen LogP contribution is 2.50. The van der Waals surface area contributed by atoms with Crippen LogP contribution in [0.2, 0.25) is 0 Å². The van der Waals surface area contributed by atoms with Gasteiger partial charge in [0.05, 0.1) is 18.9 Å². The molecule has 0 aliphatic carbocycles. The lowest BCUT2D eigenvalue weighted by molar-refractivity contribution is -0.153. The van der Waals surface area contributed by atoms with Crippen molar-refractivity contribution < 1.29 is 24.2 Å². The monoisotopic (exact) mass is 394 g/mol. The predicted octanol–water partition coefficient (Wildman–Crippen LogP) is 1.42. The smallest absolute Gasteiger partial charge is 0.327 e. The number of carbonyl (C=O) groups excluding carboxylic acids is 3. The zero-order chi connectivity index (χ0) is 20.8. The predicted molar refractivity (Wildman–Crippen MR) is 104 cm³/mol. The van der Waals surface area contributed by atoms with E-state index in [-0.39, 0.29) is 18.1 Å². The van der Waals surface area contributed by atoms with E-state index in [0.717, 1.165) is 10.5 Å². The lowest BCUT2D eigenvalue weighted by Crippen LogP contribution is -2.57. The van der Waals surface area contributed by atoms with Crippen molar-refractivity contribution in [2.75, 3.05) is 14.2 Å². The van der Waals surface area contributed by atoms with E-state index in [1.807, 2.05) is 30.3 Å². The molecule has 2 N–H and O–H groups in total. The molecule has 150 valence electrons. The molecule has 2 saturated heterocycles. The number of phenolic OH excluding ortho intramolecular Hbond substituents is 1. The number of rotatable bonds is 4. The number of carbonyl (C=O) groups is 3. The average molecular weight is 394 g/mol. The lowest BCUT2D eigenvalue weighted by Gasteiger charge is -2.32. The minimum absolute atomic E-state index is 0.0951. The Balaban J connectivity index is 1.85. The van der Waals surface area contributed by atoms with Gasteiger partial charge in [0.2, 0.25) is 11.8 Å². The Morgan fingerprint density at radius 1 is 1.10 bits per heavy atom. The van der Waals surface area contributed by atoms with Crippen LogP contribution in [0.25, 0.3) is 0 Å². The van der Waals surface area contributed by atoms with Gasteiger partial charge in [0.15, 0.2) is 0 Å². The minimum Gasteiger partial charge on any atom is -0.508 e. The highest BCUT2D eigenvalue weighted by Gasteiger charge is 2.68. The van der Waals surface area contributed by atoms with Crippen LogP contribution in [0.1, 0.15) is 17.2 Å². The Hall–Kier alpha value is -3.19. The third kappa shape index (κ3) is 2.89. The Morgan fingerprint density at radius 3 is 2.38 bits per heavy atom. The molecular weight excluding hydrogens is 372 g/mol. The Kier molecular flexibility index (Phi) is 4.62. The lowest BCUT2D eigenvalue weighted by atomic mass is 9.76. The fraction of sp³-hybridized carbons (Fsp3) is 0.318. The molecule has 2 fully saturated rings. The normalized spacial score (nSPS) is 28.5. The highest BCUT2D eigenvalue weighted by molar-refractivity contribution is 6.09. The number of ether oxygens (including phenoxy) is 1. The molecular formula is C22H22N2O5. The van der Waals surface area contributed by atoms with Crippen LogP contribution < -0.4 is 5.32 Å². The summed E-state index contributed by atoms with van der Waals surface area (Å²) in [6.45, 7) is 0. The van der Waals surface area contributed by atoms with E-state index in [1.54, 1.807) is 12.1 Å². The van der Waals surface area contributed by atoms with Crippen LogP contribution >= 0.6 is 0 Å². The summed E-state index contributed by atoms with van der Waals surface area (Å²) < 4.78 is 5.12. The van der Waals surface area contributed by atoms with Crippen molar-refractivity contribution in [2.45, 2.75) is 18.0 Å². The third-order valence-corrected chi connectivity index (χ3v) is 6.00. The highest BCUT2D eigenvalue weighted by atomic mass is 16.5. The summed E-state index contributed by atoms with van der Waals surface area (Å²) in [5.74, 6) is -2.82. The number of aromatic hydroxyl groups is 1. The van der Waals surface area contributed by atoms with Crippen LogP contribution in [0.3, 0.4) is 0 Å². The summed E-state index contributed by atoms with van der Waals surface area (Å²) in [4.78, 5) is 40.2. The first kappa shape index (κ1) is 19.1. The molecule has 0 saturated carbocycles. The molecule has 4 atom stereocenters. The summed E-state index contributed by atoms with van der Waals surface area (Å²) in [5, 5.41) is 12.9. The molecule has 0 aromatic heterocycles. The van der Waals surface area contributed by atoms with E-state index in [1.165, 1.54) is 26.3 Å². The number of fused-ring (bicyclic) bond motifs is 1. The molecule has 2 aliphatic heterocycles. The average Bonchev–Trinajstić information content (AvgIpc) is 3.19. The van der Waals surface area contributed by atoms with Gasteiger partial charge in [-0.15, -0.1) is 0 Å². The van der Waals surface area contributed by atoms with E-state index < -0.39 is 35.3 Å². The van der Waals surface area contributed by atoms with Gasteiger partial charge in [-0.3, -0.25) is 24.6 Å². The van der Waals surface area contributed by atoms with Crippen molar-refractivity contribution in [1.82, 2.24) is 10.2 Å². The maximum Gasteiger partial charge on any atom is 0.327 e. The zero-order valence-electron chi connectivity index (χ0n) is 16.2. The second-order valence-electron chi connectivity index (χ2n) is 7.58. The molecule has 2 heterocycles. The molecule has 2 aromatic rings. The van der Waals surface area contributed by atoms with Gasteiger partial charge in [-0.1, -0.05) is 42.5 Å². The number of phenols is 1. The van der Waals surface area contributed by atoms with Crippen molar-refractivity contribution >= 4 is 17.8 Å². The number of nitrogens with one attached hydrogen (secondary N) is 1. The Morgan fingerprint density at radius 2 is 1.76 bits per heavy atom. The van der Waals surface area contributed by atoms with Crippen molar-refractivity contribution in [3.8, 4) is 5.75 Å². The Labute approximate surface area is 168 Å². The summed E-state index contributed by atoms with van der Waals surface area (Å²) in [7, 11) is 2.73. The van der Waals surface area contributed by atoms with Crippen LogP contribution in [0.5, 0.6) is 5.75 Å². The van der Waals surface area contributed by atoms with Gasteiger partial charge in [-0.05, 0) is 23.3 Å². The molecule has 0 bridgehead atoms. The van der Waals surface area contributed by atoms with Gasteiger partial charge in [-0.2, -0.15) is 0 Å². The summed E-state index contributed by atoms with van der Waals surface area (Å²) in [6.07, 6.45) is 0.211. The number of nitrogens with zero attached hydrogens (tertiary/aromatic N) is 1. The van der Waals surface area contributed by atoms with Gasteiger partial charge in [0, 0.05) is 19.5 Å². The number of hydrogen-bond donors (Lipinski definition) is 2. The number of methoxy groups -OCH3 is 1. The summed E-state index contributed by atoms with van der Waals surface area (Å²) in [5.41, 5.74) is 0.194. The largest absolute Gasteiger partial charge is 0.508 e. The second kappa shape index (κ2) is 7.00. The van der Waals surface area contributed by atoms with Crippen LogP contribution in [-0.4, -0.2) is 47.5 Å². The van der Waals surface area contributed by atoms with Gasteiger partial charge in [0.25, 0.3) is 0 Å². The molecule has 7 heteroatoms. The van der Waals surface area contributed by atoms with Crippen molar-refractivity contribution in [3.63, 3.8) is 0 Å². The van der Waals surface area contributed by atoms with Gasteiger partial charge < -0.3 is 9.84 Å². The van der Waals surface area contributed by atoms with Crippen molar-refractivity contribution in [2.24, 2.45) is 11.8 Å². The molecule has 0 radical (unpaired) electrons. The molecule has 2 aliphatic rings. The van der Waals surface area contributed by atoms with Crippen LogP contribution in [0, 0.1) is 11.8 Å². The van der Waals surface area contributed by atoms with Crippen LogP contribution in [-0.2, 0) is 25.5 Å². The molecule has 0 spiro atoms. The van der Waals surface area contributed by atoms with Crippen molar-refractivity contribution in [3.05, 3.63) is 65.7 Å². The maximum absolute atomic E-state index is 13.1. The number of esters is 1. The standard InChI is InChI=1S/C22H22N2O5/c1-24-19(26)16-17(20(24)27)22(21(28)29-2,12-13-6-4-3-5-7-13)23-18(16)14-8-10-15(25)11-9-14/h3-11,16-18,23,25H,12H2,1-2H3. The first-order valence-corrected chi connectivity index (χ1v) is 9.39. The quantitative estimate of drug-likeness (QED) is 0.602. The van der Waals surface area contributed by atoms with Gasteiger partial charge in [-0.25, -0.2) is 0 Å². The van der Waals surface area contributed by atoms with Crippen molar-refractivity contribution in [1.29, 1.82) is 0 Å². The molecule has 4 unspecified atom stereocenters. The Bertz CT molecular complexity index is 959. The fourth-order valence-corrected chi connectivity index (χ4v) is 4.64. The maximum atomic E-state index is 13.1. The fourth-order valence-electron chi connectivity index (χ4n) is 4.64. The van der Waals surface area contributed by atoms with E-state index in [4.69, 9.17) is 4.74 Å². The SMILES string of the molecule is COC(=O)C1(Cc2ccccc2)NC(c2ccc(O)cc2)C2C(=O)N(C)C(=O)C21. The van der Waals surface area contributed by atoms with Gasteiger partial charge >= 0.3 is 5.97 Å². The summed E-state index contributed by atoms with van der Waals surface area (Å²) in [6, 6.07) is 15.2. The first-order valence-electron chi connectivity index (χ1n) is 9.39. The first-order chi connectivity index (χ1) is 13.9. The third-order valence-electron chi connectivity index (χ3n) is 6.00. The topological polar surface area (TPSA) is 95.9 Å². The van der Waals surface area contributed by atoms with E-state index in [2.05, 4.69) is 5.32 Å². The van der Waals surface area contributed by atoms with E-state index in [0.29, 0.717) is 5.56 Å². The van der Waals surface area contributed by atoms with E-state index >= 15 is 0 Å².